The summed E-state index contributed by atoms with van der Waals surface area (Å²) in [4.78, 5) is 15.0. The molecule has 1 aliphatic heterocycles. The number of thiophene rings is 1. The number of nitrogens with one attached hydrogen (secondary N) is 1. The number of carbonyl (C=O) groups excluding carboxylic acids is 1. The van der Waals surface area contributed by atoms with Crippen LogP contribution in [-0.4, -0.2) is 37.0 Å². The maximum atomic E-state index is 12.1. The van der Waals surface area contributed by atoms with Gasteiger partial charge in [-0.3, -0.25) is 4.79 Å². The Bertz CT molecular complexity index is 340. The van der Waals surface area contributed by atoms with Crippen molar-refractivity contribution in [2.45, 2.75) is 13.3 Å². The number of rotatable bonds is 1. The number of carbonyl (C=O) groups is 1. The first-order valence-electron chi connectivity index (χ1n) is 5.33. The summed E-state index contributed by atoms with van der Waals surface area (Å²) in [5.74, 6) is 0.200. The van der Waals surface area contributed by atoms with Gasteiger partial charge < -0.3 is 10.2 Å². The number of hydrogen-bond acceptors (Lipinski definition) is 3. The van der Waals surface area contributed by atoms with Gasteiger partial charge in [0.2, 0.25) is 0 Å². The molecule has 0 radical (unpaired) electrons. The molecular weight excluding hydrogens is 208 g/mol. The minimum atomic E-state index is 0.200. The van der Waals surface area contributed by atoms with Gasteiger partial charge in [-0.25, -0.2) is 0 Å². The van der Waals surface area contributed by atoms with Gasteiger partial charge >= 0.3 is 0 Å². The van der Waals surface area contributed by atoms with Gasteiger partial charge in [-0.2, -0.15) is 0 Å². The summed E-state index contributed by atoms with van der Waals surface area (Å²) >= 11 is 1.55. The largest absolute Gasteiger partial charge is 0.337 e. The SMILES string of the molecule is Cc1ccsc1C(=O)N1CCCNCC1. The van der Waals surface area contributed by atoms with Crippen LogP contribution in [0.1, 0.15) is 21.7 Å². The summed E-state index contributed by atoms with van der Waals surface area (Å²) in [7, 11) is 0. The molecule has 1 N–H and O–H groups in total. The minimum Gasteiger partial charge on any atom is -0.337 e. The first kappa shape index (κ1) is 10.6. The first-order valence-corrected chi connectivity index (χ1v) is 6.21. The zero-order valence-electron chi connectivity index (χ0n) is 8.95. The summed E-state index contributed by atoms with van der Waals surface area (Å²) < 4.78 is 0. The molecule has 0 bridgehead atoms. The van der Waals surface area contributed by atoms with Crippen molar-refractivity contribution in [2.75, 3.05) is 26.2 Å². The zero-order valence-corrected chi connectivity index (χ0v) is 9.77. The van der Waals surface area contributed by atoms with Crippen LogP contribution in [0.3, 0.4) is 0 Å². The molecule has 1 aromatic rings. The molecule has 1 aliphatic rings. The van der Waals surface area contributed by atoms with Crippen molar-refractivity contribution < 1.29 is 4.79 Å². The van der Waals surface area contributed by atoms with Gasteiger partial charge in [-0.15, -0.1) is 11.3 Å². The van der Waals surface area contributed by atoms with E-state index in [0.29, 0.717) is 0 Å². The predicted molar refractivity (Wildman–Crippen MR) is 62.4 cm³/mol. The standard InChI is InChI=1S/C11H16N2OS/c1-9-3-8-15-10(9)11(14)13-6-2-4-12-5-7-13/h3,8,12H,2,4-7H2,1H3. The normalized spacial score (nSPS) is 17.5. The topological polar surface area (TPSA) is 32.3 Å². The van der Waals surface area contributed by atoms with E-state index in [1.807, 2.05) is 23.3 Å². The molecule has 82 valence electrons. The van der Waals surface area contributed by atoms with Gasteiger partial charge in [0, 0.05) is 19.6 Å². The van der Waals surface area contributed by atoms with Gasteiger partial charge in [-0.1, -0.05) is 0 Å². The van der Waals surface area contributed by atoms with E-state index in [0.717, 1.165) is 43.0 Å². The second kappa shape index (κ2) is 4.77. The van der Waals surface area contributed by atoms with Crippen LogP contribution < -0.4 is 5.32 Å². The third-order valence-electron chi connectivity index (χ3n) is 2.68. The van der Waals surface area contributed by atoms with E-state index in [9.17, 15) is 4.79 Å². The molecule has 2 rings (SSSR count). The third kappa shape index (κ3) is 2.38. The van der Waals surface area contributed by atoms with Crippen molar-refractivity contribution in [1.82, 2.24) is 10.2 Å². The second-order valence-electron chi connectivity index (χ2n) is 3.83. The molecular formula is C11H16N2OS. The number of amides is 1. The number of aryl methyl sites for hydroxylation is 1. The highest BCUT2D eigenvalue weighted by atomic mass is 32.1. The predicted octanol–water partition coefficient (Wildman–Crippen LogP) is 1.49. The van der Waals surface area contributed by atoms with E-state index in [4.69, 9.17) is 0 Å². The maximum Gasteiger partial charge on any atom is 0.264 e. The monoisotopic (exact) mass is 224 g/mol. The smallest absolute Gasteiger partial charge is 0.264 e. The van der Waals surface area contributed by atoms with E-state index < -0.39 is 0 Å². The van der Waals surface area contributed by atoms with Crippen LogP contribution in [0.2, 0.25) is 0 Å². The lowest BCUT2D eigenvalue weighted by molar-refractivity contribution is 0.0770. The third-order valence-corrected chi connectivity index (χ3v) is 3.69. The maximum absolute atomic E-state index is 12.1. The Labute approximate surface area is 94.1 Å². The molecule has 0 unspecified atom stereocenters. The lowest BCUT2D eigenvalue weighted by atomic mass is 10.2. The Morgan fingerprint density at radius 1 is 1.47 bits per heavy atom. The van der Waals surface area contributed by atoms with Crippen molar-refractivity contribution in [2.24, 2.45) is 0 Å². The van der Waals surface area contributed by atoms with Crippen molar-refractivity contribution in [1.29, 1.82) is 0 Å². The summed E-state index contributed by atoms with van der Waals surface area (Å²) in [6, 6.07) is 2.01. The Morgan fingerprint density at radius 3 is 3.07 bits per heavy atom. The van der Waals surface area contributed by atoms with Gasteiger partial charge in [0.05, 0.1) is 4.88 Å². The second-order valence-corrected chi connectivity index (χ2v) is 4.74. The molecule has 1 aromatic heterocycles. The molecule has 0 aromatic carbocycles. The van der Waals surface area contributed by atoms with Crippen LogP contribution in [0.25, 0.3) is 0 Å². The fraction of sp³-hybridized carbons (Fsp3) is 0.545. The van der Waals surface area contributed by atoms with Crippen molar-refractivity contribution in [3.63, 3.8) is 0 Å². The Kier molecular flexibility index (Phi) is 3.38. The molecule has 0 spiro atoms. The van der Waals surface area contributed by atoms with Gasteiger partial charge in [0.15, 0.2) is 0 Å². The molecule has 1 saturated heterocycles. The molecule has 0 saturated carbocycles. The highest BCUT2D eigenvalue weighted by Crippen LogP contribution is 2.18. The van der Waals surface area contributed by atoms with Crippen molar-refractivity contribution in [3.8, 4) is 0 Å². The highest BCUT2D eigenvalue weighted by molar-refractivity contribution is 7.12. The van der Waals surface area contributed by atoms with Gasteiger partial charge in [-0.05, 0) is 36.9 Å². The van der Waals surface area contributed by atoms with Crippen LogP contribution in [0.5, 0.6) is 0 Å². The molecule has 0 atom stereocenters. The zero-order chi connectivity index (χ0) is 10.7. The molecule has 0 aliphatic carbocycles. The molecule has 4 heteroatoms. The summed E-state index contributed by atoms with van der Waals surface area (Å²) in [6.07, 6.45) is 1.05. The lowest BCUT2D eigenvalue weighted by Crippen LogP contribution is -2.34. The van der Waals surface area contributed by atoms with E-state index in [-0.39, 0.29) is 5.91 Å². The van der Waals surface area contributed by atoms with Crippen molar-refractivity contribution in [3.05, 3.63) is 21.9 Å². The Hall–Kier alpha value is -0.870. The summed E-state index contributed by atoms with van der Waals surface area (Å²) in [5, 5.41) is 5.29. The van der Waals surface area contributed by atoms with E-state index in [2.05, 4.69) is 5.32 Å². The van der Waals surface area contributed by atoms with E-state index in [1.54, 1.807) is 11.3 Å². The Balaban J connectivity index is 2.09. The molecule has 1 amide bonds. The van der Waals surface area contributed by atoms with Crippen LogP contribution in [0, 0.1) is 6.92 Å². The molecule has 3 nitrogen and oxygen atoms in total. The summed E-state index contributed by atoms with van der Waals surface area (Å²) in [6.45, 7) is 5.64. The molecule has 15 heavy (non-hydrogen) atoms. The average molecular weight is 224 g/mol. The van der Waals surface area contributed by atoms with Gasteiger partial charge in [0.25, 0.3) is 5.91 Å². The van der Waals surface area contributed by atoms with Crippen LogP contribution in [0.4, 0.5) is 0 Å². The van der Waals surface area contributed by atoms with E-state index >= 15 is 0 Å². The van der Waals surface area contributed by atoms with E-state index in [1.165, 1.54) is 0 Å². The number of nitrogens with zero attached hydrogens (tertiary/aromatic N) is 1. The minimum absolute atomic E-state index is 0.200. The Morgan fingerprint density at radius 2 is 2.33 bits per heavy atom. The van der Waals surface area contributed by atoms with Crippen molar-refractivity contribution >= 4 is 17.2 Å². The number of hydrogen-bond donors (Lipinski definition) is 1. The molecule has 2 heterocycles. The van der Waals surface area contributed by atoms with Crippen LogP contribution in [0.15, 0.2) is 11.4 Å². The highest BCUT2D eigenvalue weighted by Gasteiger charge is 2.19. The molecule has 1 fully saturated rings. The fourth-order valence-electron chi connectivity index (χ4n) is 1.78. The van der Waals surface area contributed by atoms with Gasteiger partial charge in [0.1, 0.15) is 0 Å². The average Bonchev–Trinajstić information content (AvgIpc) is 2.53. The summed E-state index contributed by atoms with van der Waals surface area (Å²) in [5.41, 5.74) is 1.10. The van der Waals surface area contributed by atoms with Crippen LogP contribution in [-0.2, 0) is 0 Å². The first-order chi connectivity index (χ1) is 7.29. The lowest BCUT2D eigenvalue weighted by Gasteiger charge is -2.19. The fourth-order valence-corrected chi connectivity index (χ4v) is 2.68. The quantitative estimate of drug-likeness (QED) is 0.784. The van der Waals surface area contributed by atoms with Crippen LogP contribution >= 0.6 is 11.3 Å².